The number of sulfonamides is 1. The summed E-state index contributed by atoms with van der Waals surface area (Å²) in [6, 6.07) is 0.883. The van der Waals surface area contributed by atoms with Crippen LogP contribution in [-0.2, 0) is 10.0 Å². The van der Waals surface area contributed by atoms with Gasteiger partial charge in [0.15, 0.2) is 11.6 Å². The van der Waals surface area contributed by atoms with E-state index in [1.165, 1.54) is 0 Å². The molecule has 84 valence electrons. The minimum absolute atomic E-state index is 0.408. The number of nitrogens with two attached hydrogens (primary N) is 1. The number of rotatable bonds is 2. The SMILES string of the molecule is NS(=O)(=O)c1c(C(F)F)ccc(F)c1F. The van der Waals surface area contributed by atoms with Crippen molar-refractivity contribution in [2.75, 3.05) is 0 Å². The molecule has 0 aliphatic rings. The molecule has 0 bridgehead atoms. The molecule has 3 nitrogen and oxygen atoms in total. The van der Waals surface area contributed by atoms with Crippen LogP contribution in [0.5, 0.6) is 0 Å². The zero-order valence-corrected chi connectivity index (χ0v) is 7.86. The van der Waals surface area contributed by atoms with E-state index in [2.05, 4.69) is 5.14 Å². The second kappa shape index (κ2) is 3.78. The lowest BCUT2D eigenvalue weighted by atomic mass is 10.2. The summed E-state index contributed by atoms with van der Waals surface area (Å²) >= 11 is 0. The average molecular weight is 243 g/mol. The largest absolute Gasteiger partial charge is 0.265 e. The summed E-state index contributed by atoms with van der Waals surface area (Å²) < 4.78 is 71.6. The van der Waals surface area contributed by atoms with Gasteiger partial charge >= 0.3 is 0 Å². The predicted octanol–water partition coefficient (Wildman–Crippen LogP) is 1.55. The van der Waals surface area contributed by atoms with Crippen molar-refractivity contribution < 1.29 is 26.0 Å². The third kappa shape index (κ3) is 2.26. The number of hydrogen-bond acceptors (Lipinski definition) is 2. The Morgan fingerprint density at radius 2 is 1.73 bits per heavy atom. The fourth-order valence-corrected chi connectivity index (χ4v) is 1.84. The van der Waals surface area contributed by atoms with Crippen LogP contribution in [0.4, 0.5) is 17.6 Å². The van der Waals surface area contributed by atoms with Gasteiger partial charge in [-0.05, 0) is 12.1 Å². The fourth-order valence-electron chi connectivity index (χ4n) is 1.01. The first-order chi connectivity index (χ1) is 6.75. The van der Waals surface area contributed by atoms with Gasteiger partial charge in [-0.3, -0.25) is 0 Å². The molecule has 0 saturated carbocycles. The van der Waals surface area contributed by atoms with Gasteiger partial charge in [0.25, 0.3) is 6.43 Å². The van der Waals surface area contributed by atoms with Crippen LogP contribution in [0.2, 0.25) is 0 Å². The maximum atomic E-state index is 13.0. The molecular formula is C7H5F4NO2S. The third-order valence-electron chi connectivity index (χ3n) is 1.60. The predicted molar refractivity (Wildman–Crippen MR) is 42.7 cm³/mol. The molecule has 0 spiro atoms. The van der Waals surface area contributed by atoms with Crippen molar-refractivity contribution in [2.24, 2.45) is 5.14 Å². The van der Waals surface area contributed by atoms with E-state index >= 15 is 0 Å². The highest BCUT2D eigenvalue weighted by molar-refractivity contribution is 7.89. The summed E-state index contributed by atoms with van der Waals surface area (Å²) in [5.74, 6) is -3.45. The monoisotopic (exact) mass is 243 g/mol. The van der Waals surface area contributed by atoms with Gasteiger partial charge in [-0.1, -0.05) is 0 Å². The normalized spacial score (nSPS) is 12.1. The van der Waals surface area contributed by atoms with E-state index in [1.54, 1.807) is 0 Å². The Balaban J connectivity index is 3.65. The van der Waals surface area contributed by atoms with Crippen LogP contribution in [0.1, 0.15) is 12.0 Å². The van der Waals surface area contributed by atoms with Gasteiger partial charge in [-0.25, -0.2) is 31.1 Å². The Hall–Kier alpha value is -1.15. The molecule has 0 saturated heterocycles. The Morgan fingerprint density at radius 1 is 1.20 bits per heavy atom. The maximum absolute atomic E-state index is 13.0. The van der Waals surface area contributed by atoms with Gasteiger partial charge in [0.2, 0.25) is 10.0 Å². The molecule has 2 N–H and O–H groups in total. The summed E-state index contributed by atoms with van der Waals surface area (Å²) in [4.78, 5) is -1.50. The number of alkyl halides is 2. The van der Waals surface area contributed by atoms with Crippen LogP contribution in [-0.4, -0.2) is 8.42 Å². The Morgan fingerprint density at radius 3 is 2.13 bits per heavy atom. The first-order valence-corrected chi connectivity index (χ1v) is 5.08. The molecule has 0 heterocycles. The van der Waals surface area contributed by atoms with Crippen molar-refractivity contribution in [1.82, 2.24) is 0 Å². The zero-order chi connectivity index (χ0) is 11.8. The fraction of sp³-hybridized carbons (Fsp3) is 0.143. The smallest absolute Gasteiger partial charge is 0.225 e. The molecule has 0 atom stereocenters. The minimum Gasteiger partial charge on any atom is -0.225 e. The Labute approximate surface area is 82.6 Å². The van der Waals surface area contributed by atoms with Gasteiger partial charge < -0.3 is 0 Å². The molecule has 8 heteroatoms. The minimum atomic E-state index is -4.73. The van der Waals surface area contributed by atoms with E-state index in [0.29, 0.717) is 12.1 Å². The molecule has 1 aromatic rings. The molecule has 0 aliphatic heterocycles. The van der Waals surface area contributed by atoms with Gasteiger partial charge in [0, 0.05) is 5.56 Å². The van der Waals surface area contributed by atoms with Crippen LogP contribution >= 0.6 is 0 Å². The van der Waals surface area contributed by atoms with Crippen molar-refractivity contribution in [1.29, 1.82) is 0 Å². The lowest BCUT2D eigenvalue weighted by Crippen LogP contribution is -2.17. The van der Waals surface area contributed by atoms with Crippen molar-refractivity contribution in [3.63, 3.8) is 0 Å². The highest BCUT2D eigenvalue weighted by Crippen LogP contribution is 2.28. The van der Waals surface area contributed by atoms with Crippen LogP contribution in [0.3, 0.4) is 0 Å². The zero-order valence-electron chi connectivity index (χ0n) is 7.05. The molecule has 1 rings (SSSR count). The third-order valence-corrected chi connectivity index (χ3v) is 2.58. The van der Waals surface area contributed by atoms with E-state index in [4.69, 9.17) is 0 Å². The lowest BCUT2D eigenvalue weighted by molar-refractivity contribution is 0.146. The molecule has 0 aromatic heterocycles. The lowest BCUT2D eigenvalue weighted by Gasteiger charge is -2.07. The van der Waals surface area contributed by atoms with Crippen LogP contribution in [0.15, 0.2) is 17.0 Å². The molecule has 1 aromatic carbocycles. The molecule has 0 radical (unpaired) electrons. The van der Waals surface area contributed by atoms with Gasteiger partial charge in [0.1, 0.15) is 4.90 Å². The Kier molecular flexibility index (Phi) is 3.00. The summed E-state index contributed by atoms with van der Waals surface area (Å²) in [7, 11) is -4.73. The maximum Gasteiger partial charge on any atom is 0.265 e. The molecule has 0 unspecified atom stereocenters. The number of benzene rings is 1. The summed E-state index contributed by atoms with van der Waals surface area (Å²) in [5, 5.41) is 4.50. The van der Waals surface area contributed by atoms with E-state index in [9.17, 15) is 26.0 Å². The van der Waals surface area contributed by atoms with Crippen molar-refractivity contribution in [3.8, 4) is 0 Å². The topological polar surface area (TPSA) is 60.2 Å². The van der Waals surface area contributed by atoms with Crippen LogP contribution in [0.25, 0.3) is 0 Å². The average Bonchev–Trinajstić information content (AvgIpc) is 2.06. The first kappa shape index (κ1) is 11.9. The standard InChI is InChI=1S/C7H5F4NO2S/c8-4-2-1-3(7(10)11)6(5(4)9)15(12,13)14/h1-2,7H,(H2,12,13,14). The van der Waals surface area contributed by atoms with Crippen molar-refractivity contribution >= 4 is 10.0 Å². The van der Waals surface area contributed by atoms with Gasteiger partial charge in [0.05, 0.1) is 0 Å². The van der Waals surface area contributed by atoms with E-state index in [-0.39, 0.29) is 0 Å². The van der Waals surface area contributed by atoms with Gasteiger partial charge in [-0.2, -0.15) is 0 Å². The van der Waals surface area contributed by atoms with E-state index in [1.807, 2.05) is 0 Å². The summed E-state index contributed by atoms with van der Waals surface area (Å²) in [5.41, 5.74) is -1.16. The van der Waals surface area contributed by atoms with Crippen LogP contribution in [0, 0.1) is 11.6 Å². The molecule has 0 amide bonds. The second-order valence-electron chi connectivity index (χ2n) is 2.63. The Bertz CT molecular complexity index is 486. The first-order valence-electron chi connectivity index (χ1n) is 3.54. The van der Waals surface area contributed by atoms with Crippen LogP contribution < -0.4 is 5.14 Å². The quantitative estimate of drug-likeness (QED) is 0.801. The second-order valence-corrected chi connectivity index (χ2v) is 4.12. The van der Waals surface area contributed by atoms with Crippen molar-refractivity contribution in [2.45, 2.75) is 11.3 Å². The van der Waals surface area contributed by atoms with Gasteiger partial charge in [-0.15, -0.1) is 0 Å². The number of primary sulfonamides is 1. The number of halogens is 4. The number of hydrogen-bond donors (Lipinski definition) is 1. The molecule has 15 heavy (non-hydrogen) atoms. The van der Waals surface area contributed by atoms with Crippen molar-refractivity contribution in [3.05, 3.63) is 29.3 Å². The summed E-state index contributed by atoms with van der Waals surface area (Å²) in [6.07, 6.45) is -3.26. The highest BCUT2D eigenvalue weighted by atomic mass is 32.2. The molecule has 0 fully saturated rings. The molecule has 0 aliphatic carbocycles. The van der Waals surface area contributed by atoms with E-state index in [0.717, 1.165) is 0 Å². The van der Waals surface area contributed by atoms with E-state index < -0.39 is 38.5 Å². The molecular weight excluding hydrogens is 238 g/mol. The highest BCUT2D eigenvalue weighted by Gasteiger charge is 2.27. The summed E-state index contributed by atoms with van der Waals surface area (Å²) in [6.45, 7) is 0.